The van der Waals surface area contributed by atoms with Crippen LogP contribution >= 0.6 is 39.3 Å². The van der Waals surface area contributed by atoms with Gasteiger partial charge < -0.3 is 10.1 Å². The average molecular weight is 469 g/mol. The third-order valence-electron chi connectivity index (χ3n) is 3.10. The number of amides is 1. The van der Waals surface area contributed by atoms with Gasteiger partial charge in [-0.2, -0.15) is 13.2 Å². The fraction of sp³-hybridized carbons (Fsp3) is 0.235. The first-order valence-corrected chi connectivity index (χ1v) is 9.71. The standard InChI is InChI=1S/C17H14BrClF3NO2S/c18-11-1-4-13(5-2-11)25-7-8-26-10-16(24)23-15-6-3-12(19)9-14(15)17(20,21)22/h1-6,9H,7-8,10H2,(H,23,24). The van der Waals surface area contributed by atoms with E-state index in [2.05, 4.69) is 21.2 Å². The van der Waals surface area contributed by atoms with Crippen LogP contribution in [0.5, 0.6) is 5.75 Å². The molecule has 3 nitrogen and oxygen atoms in total. The summed E-state index contributed by atoms with van der Waals surface area (Å²) in [6.07, 6.45) is -4.60. The summed E-state index contributed by atoms with van der Waals surface area (Å²) in [6, 6.07) is 10.5. The van der Waals surface area contributed by atoms with Crippen LogP contribution in [-0.2, 0) is 11.0 Å². The number of anilines is 1. The van der Waals surface area contributed by atoms with Crippen LogP contribution in [0, 0.1) is 0 Å². The van der Waals surface area contributed by atoms with Gasteiger partial charge in [0.15, 0.2) is 0 Å². The van der Waals surface area contributed by atoms with Crippen molar-refractivity contribution in [3.8, 4) is 5.75 Å². The molecule has 9 heteroatoms. The zero-order valence-electron chi connectivity index (χ0n) is 13.3. The molecule has 0 aliphatic rings. The molecule has 1 amide bonds. The monoisotopic (exact) mass is 467 g/mol. The third-order valence-corrected chi connectivity index (χ3v) is 4.79. The van der Waals surface area contributed by atoms with Gasteiger partial charge >= 0.3 is 6.18 Å². The number of benzene rings is 2. The third kappa shape index (κ3) is 6.74. The summed E-state index contributed by atoms with van der Waals surface area (Å²) in [6.45, 7) is 0.383. The summed E-state index contributed by atoms with van der Waals surface area (Å²) in [5.74, 6) is 0.723. The van der Waals surface area contributed by atoms with Crippen LogP contribution in [-0.4, -0.2) is 24.0 Å². The van der Waals surface area contributed by atoms with E-state index in [-0.39, 0.29) is 16.5 Å². The van der Waals surface area contributed by atoms with E-state index in [4.69, 9.17) is 16.3 Å². The molecule has 0 unspecified atom stereocenters. The average Bonchev–Trinajstić information content (AvgIpc) is 2.57. The lowest BCUT2D eigenvalue weighted by molar-refractivity contribution is -0.137. The molecule has 2 aromatic carbocycles. The Balaban J connectivity index is 1.78. The van der Waals surface area contributed by atoms with Crippen LogP contribution in [0.15, 0.2) is 46.9 Å². The molecule has 0 saturated carbocycles. The Morgan fingerprint density at radius 3 is 2.54 bits per heavy atom. The van der Waals surface area contributed by atoms with Gasteiger partial charge in [-0.3, -0.25) is 4.79 Å². The quantitative estimate of drug-likeness (QED) is 0.516. The molecule has 0 aliphatic heterocycles. The molecule has 140 valence electrons. The molecule has 0 atom stereocenters. The number of rotatable bonds is 7. The predicted octanol–water partition coefficient (Wildman–Crippen LogP) is 5.87. The van der Waals surface area contributed by atoms with Gasteiger partial charge in [0, 0.05) is 15.2 Å². The van der Waals surface area contributed by atoms with E-state index >= 15 is 0 Å². The number of carbonyl (C=O) groups is 1. The number of carbonyl (C=O) groups excluding carboxylic acids is 1. The number of hydrogen-bond acceptors (Lipinski definition) is 3. The van der Waals surface area contributed by atoms with Gasteiger partial charge in [0.2, 0.25) is 5.91 Å². The Bertz CT molecular complexity index is 757. The highest BCUT2D eigenvalue weighted by molar-refractivity contribution is 9.10. The van der Waals surface area contributed by atoms with Gasteiger partial charge in [0.25, 0.3) is 0 Å². The van der Waals surface area contributed by atoms with Crippen LogP contribution in [0.3, 0.4) is 0 Å². The Morgan fingerprint density at radius 1 is 1.19 bits per heavy atom. The second kappa shape index (κ2) is 9.53. The predicted molar refractivity (Wildman–Crippen MR) is 102 cm³/mol. The Hall–Kier alpha value is -1.38. The van der Waals surface area contributed by atoms with E-state index in [0.717, 1.165) is 16.6 Å². The molecular weight excluding hydrogens is 455 g/mol. The second-order valence-electron chi connectivity index (χ2n) is 5.09. The molecule has 0 spiro atoms. The molecule has 26 heavy (non-hydrogen) atoms. The molecule has 0 aromatic heterocycles. The molecule has 2 aromatic rings. The number of hydrogen-bond donors (Lipinski definition) is 1. The van der Waals surface area contributed by atoms with Crippen LogP contribution in [0.4, 0.5) is 18.9 Å². The highest BCUT2D eigenvalue weighted by Gasteiger charge is 2.34. The highest BCUT2D eigenvalue weighted by atomic mass is 79.9. The summed E-state index contributed by atoms with van der Waals surface area (Å²) in [5.41, 5.74) is -1.28. The number of alkyl halides is 3. The summed E-state index contributed by atoms with van der Waals surface area (Å²) in [5, 5.41) is 2.23. The van der Waals surface area contributed by atoms with Gasteiger partial charge in [-0.05, 0) is 42.5 Å². The first-order chi connectivity index (χ1) is 12.3. The molecule has 0 heterocycles. The molecular formula is C17H14BrClF3NO2S. The van der Waals surface area contributed by atoms with Gasteiger partial charge in [-0.25, -0.2) is 0 Å². The van der Waals surface area contributed by atoms with Gasteiger partial charge in [-0.1, -0.05) is 27.5 Å². The summed E-state index contributed by atoms with van der Waals surface area (Å²) >= 11 is 10.2. The largest absolute Gasteiger partial charge is 0.493 e. The normalized spacial score (nSPS) is 11.3. The maximum absolute atomic E-state index is 13.0. The van der Waals surface area contributed by atoms with Gasteiger partial charge in [0.05, 0.1) is 23.6 Å². The number of halogens is 5. The van der Waals surface area contributed by atoms with E-state index in [1.54, 1.807) is 12.1 Å². The van der Waals surface area contributed by atoms with Crippen molar-refractivity contribution in [1.29, 1.82) is 0 Å². The fourth-order valence-corrected chi connectivity index (χ4v) is 3.00. The van der Waals surface area contributed by atoms with E-state index in [0.29, 0.717) is 18.1 Å². The van der Waals surface area contributed by atoms with Crippen LogP contribution < -0.4 is 10.1 Å². The van der Waals surface area contributed by atoms with Crippen LogP contribution in [0.1, 0.15) is 5.56 Å². The molecule has 0 bridgehead atoms. The van der Waals surface area contributed by atoms with E-state index in [1.165, 1.54) is 17.8 Å². The van der Waals surface area contributed by atoms with Crippen molar-refractivity contribution >= 4 is 50.9 Å². The molecule has 0 fully saturated rings. The number of nitrogens with one attached hydrogen (secondary N) is 1. The minimum atomic E-state index is -4.60. The molecule has 0 saturated heterocycles. The Labute approximate surface area is 166 Å². The SMILES string of the molecule is O=C(CSCCOc1ccc(Br)cc1)Nc1ccc(Cl)cc1C(F)(F)F. The van der Waals surface area contributed by atoms with E-state index < -0.39 is 17.6 Å². The first-order valence-electron chi connectivity index (χ1n) is 7.38. The number of thioether (sulfide) groups is 1. The zero-order chi connectivity index (χ0) is 19.2. The Kier molecular flexibility index (Phi) is 7.67. The number of ether oxygens (including phenoxy) is 1. The van der Waals surface area contributed by atoms with Gasteiger partial charge in [0.1, 0.15) is 5.75 Å². The van der Waals surface area contributed by atoms with E-state index in [1.807, 2.05) is 12.1 Å². The van der Waals surface area contributed by atoms with Crippen molar-refractivity contribution in [2.45, 2.75) is 6.18 Å². The summed E-state index contributed by atoms with van der Waals surface area (Å²) < 4.78 is 45.4. The minimum absolute atomic E-state index is 0.0175. The van der Waals surface area contributed by atoms with Crippen molar-refractivity contribution < 1.29 is 22.7 Å². The smallest absolute Gasteiger partial charge is 0.418 e. The van der Waals surface area contributed by atoms with E-state index in [9.17, 15) is 18.0 Å². The lowest BCUT2D eigenvalue weighted by Gasteiger charge is -2.14. The maximum atomic E-state index is 13.0. The molecule has 2 rings (SSSR count). The second-order valence-corrected chi connectivity index (χ2v) is 7.55. The molecule has 1 N–H and O–H groups in total. The zero-order valence-corrected chi connectivity index (χ0v) is 16.4. The van der Waals surface area contributed by atoms with Crippen molar-refractivity contribution in [2.24, 2.45) is 0 Å². The van der Waals surface area contributed by atoms with Crippen LogP contribution in [0.2, 0.25) is 5.02 Å². The maximum Gasteiger partial charge on any atom is 0.418 e. The fourth-order valence-electron chi connectivity index (χ4n) is 1.96. The van der Waals surface area contributed by atoms with Crippen molar-refractivity contribution in [3.63, 3.8) is 0 Å². The first kappa shape index (κ1) is 20.9. The van der Waals surface area contributed by atoms with Crippen molar-refractivity contribution in [3.05, 3.63) is 57.5 Å². The summed E-state index contributed by atoms with van der Waals surface area (Å²) in [7, 11) is 0. The topological polar surface area (TPSA) is 38.3 Å². The lowest BCUT2D eigenvalue weighted by atomic mass is 10.1. The lowest BCUT2D eigenvalue weighted by Crippen LogP contribution is -2.18. The molecule has 0 aliphatic carbocycles. The highest BCUT2D eigenvalue weighted by Crippen LogP contribution is 2.36. The van der Waals surface area contributed by atoms with Crippen molar-refractivity contribution in [1.82, 2.24) is 0 Å². The van der Waals surface area contributed by atoms with Crippen LogP contribution in [0.25, 0.3) is 0 Å². The Morgan fingerprint density at radius 2 is 1.88 bits per heavy atom. The minimum Gasteiger partial charge on any atom is -0.493 e. The van der Waals surface area contributed by atoms with Gasteiger partial charge in [-0.15, -0.1) is 11.8 Å². The summed E-state index contributed by atoms with van der Waals surface area (Å²) in [4.78, 5) is 11.9. The molecule has 0 radical (unpaired) electrons. The van der Waals surface area contributed by atoms with Crippen molar-refractivity contribution in [2.75, 3.05) is 23.4 Å².